The summed E-state index contributed by atoms with van der Waals surface area (Å²) >= 11 is 1.33. The first-order valence-electron chi connectivity index (χ1n) is 12.0. The van der Waals surface area contributed by atoms with Crippen molar-refractivity contribution < 1.29 is 27.5 Å². The Morgan fingerprint density at radius 1 is 0.973 bits per heavy atom. The third kappa shape index (κ3) is 7.09. The molecule has 0 bridgehead atoms. The van der Waals surface area contributed by atoms with E-state index in [1.165, 1.54) is 11.3 Å². The van der Waals surface area contributed by atoms with Gasteiger partial charge in [-0.1, -0.05) is 18.9 Å². The smallest absolute Gasteiger partial charge is 0.416 e. The van der Waals surface area contributed by atoms with Gasteiger partial charge in [-0.05, 0) is 74.2 Å². The van der Waals surface area contributed by atoms with Crippen LogP contribution in [0.5, 0.6) is 5.75 Å². The Morgan fingerprint density at radius 3 is 2.16 bits per heavy atom. The fourth-order valence-electron chi connectivity index (χ4n) is 4.42. The Morgan fingerprint density at radius 2 is 1.57 bits per heavy atom. The molecule has 1 fully saturated rings. The van der Waals surface area contributed by atoms with Crippen LogP contribution in [0.15, 0.2) is 47.8 Å². The number of aromatic nitrogens is 1. The van der Waals surface area contributed by atoms with Crippen molar-refractivity contribution in [2.45, 2.75) is 64.4 Å². The van der Waals surface area contributed by atoms with Crippen LogP contribution in [-0.4, -0.2) is 28.9 Å². The van der Waals surface area contributed by atoms with E-state index in [0.29, 0.717) is 17.8 Å². The van der Waals surface area contributed by atoms with Crippen molar-refractivity contribution in [2.75, 3.05) is 0 Å². The van der Waals surface area contributed by atoms with Crippen LogP contribution in [0, 0.1) is 13.8 Å². The first kappa shape index (κ1) is 26.7. The number of carbonyl (C=O) groups is 2. The lowest BCUT2D eigenvalue weighted by molar-refractivity contribution is -0.137. The Labute approximate surface area is 217 Å². The molecule has 0 radical (unpaired) electrons. The molecule has 6 nitrogen and oxygen atoms in total. The number of ether oxygens (including phenoxy) is 1. The lowest BCUT2D eigenvalue weighted by Crippen LogP contribution is -2.53. The molecule has 1 saturated carbocycles. The fourth-order valence-corrected chi connectivity index (χ4v) is 5.11. The molecule has 2 amide bonds. The van der Waals surface area contributed by atoms with Gasteiger partial charge in [-0.2, -0.15) is 13.2 Å². The van der Waals surface area contributed by atoms with E-state index in [9.17, 15) is 22.8 Å². The molecule has 196 valence electrons. The first-order valence-corrected chi connectivity index (χ1v) is 12.9. The maximum absolute atomic E-state index is 12.9. The van der Waals surface area contributed by atoms with Crippen molar-refractivity contribution in [3.8, 4) is 5.75 Å². The van der Waals surface area contributed by atoms with Gasteiger partial charge < -0.3 is 15.4 Å². The fraction of sp³-hybridized carbons (Fsp3) is 0.370. The van der Waals surface area contributed by atoms with Crippen molar-refractivity contribution in [3.63, 3.8) is 0 Å². The number of hydrogen-bond acceptors (Lipinski definition) is 5. The van der Waals surface area contributed by atoms with Crippen LogP contribution >= 0.6 is 11.3 Å². The maximum Gasteiger partial charge on any atom is 0.416 e. The van der Waals surface area contributed by atoms with E-state index in [2.05, 4.69) is 21.7 Å². The summed E-state index contributed by atoms with van der Waals surface area (Å²) in [5.74, 6) is -0.0681. The van der Waals surface area contributed by atoms with Gasteiger partial charge in [0, 0.05) is 23.0 Å². The van der Waals surface area contributed by atoms with Gasteiger partial charge in [-0.15, -0.1) is 11.3 Å². The predicted octanol–water partition coefficient (Wildman–Crippen LogP) is 5.83. The monoisotopic (exact) mass is 531 g/mol. The second-order valence-electron chi connectivity index (χ2n) is 9.26. The molecule has 1 aliphatic rings. The standard InChI is InChI=1S/C27H28F3N3O3S/c1-16-11-17(2)13-20(12-16)36-14-24-31-23(15-37-24)26(35)33-22-6-4-3-5-21(22)32-25(34)18-7-9-19(10-8-18)27(28,29)30/h7-13,15,21-22H,3-6,14H2,1-2H3,(H,32,34)(H,33,35)/t21-,22+/m0/s1. The van der Waals surface area contributed by atoms with Gasteiger partial charge >= 0.3 is 6.18 Å². The lowest BCUT2D eigenvalue weighted by Gasteiger charge is -2.32. The highest BCUT2D eigenvalue weighted by molar-refractivity contribution is 7.09. The molecule has 3 aromatic rings. The molecule has 0 aliphatic heterocycles. The van der Waals surface area contributed by atoms with Crippen molar-refractivity contribution in [1.82, 2.24) is 15.6 Å². The van der Waals surface area contributed by atoms with E-state index in [1.54, 1.807) is 5.38 Å². The number of hydrogen-bond donors (Lipinski definition) is 2. The molecule has 37 heavy (non-hydrogen) atoms. The van der Waals surface area contributed by atoms with Gasteiger partial charge in [0.2, 0.25) is 0 Å². The highest BCUT2D eigenvalue weighted by Crippen LogP contribution is 2.29. The van der Waals surface area contributed by atoms with Crippen LogP contribution in [0.25, 0.3) is 0 Å². The normalized spacial score (nSPS) is 17.8. The molecule has 4 rings (SSSR count). The van der Waals surface area contributed by atoms with Crippen molar-refractivity contribution in [3.05, 3.63) is 80.8 Å². The number of nitrogens with one attached hydrogen (secondary N) is 2. The summed E-state index contributed by atoms with van der Waals surface area (Å²) in [4.78, 5) is 30.0. The Kier molecular flexibility index (Phi) is 8.16. The number of rotatable bonds is 7. The van der Waals surface area contributed by atoms with Crippen molar-refractivity contribution in [1.29, 1.82) is 0 Å². The molecule has 2 aromatic carbocycles. The minimum absolute atomic E-state index is 0.136. The SMILES string of the molecule is Cc1cc(C)cc(OCc2nc(C(=O)N[C@@H]3CCCC[C@@H]3NC(=O)c3ccc(C(F)(F)F)cc3)cs2)c1. The molecule has 1 heterocycles. The number of benzene rings is 2. The average molecular weight is 532 g/mol. The van der Waals surface area contributed by atoms with Crippen molar-refractivity contribution in [2.24, 2.45) is 0 Å². The third-order valence-electron chi connectivity index (χ3n) is 6.22. The number of halogens is 3. The van der Waals surface area contributed by atoms with E-state index >= 15 is 0 Å². The Hall–Kier alpha value is -3.40. The van der Waals surface area contributed by atoms with E-state index in [1.807, 2.05) is 26.0 Å². The van der Waals surface area contributed by atoms with E-state index < -0.39 is 17.6 Å². The summed E-state index contributed by atoms with van der Waals surface area (Å²) in [6.07, 6.45) is -1.36. The van der Waals surface area contributed by atoms with Crippen LogP contribution < -0.4 is 15.4 Å². The predicted molar refractivity (Wildman–Crippen MR) is 135 cm³/mol. The number of alkyl halides is 3. The van der Waals surface area contributed by atoms with Gasteiger partial charge in [-0.25, -0.2) is 4.98 Å². The van der Waals surface area contributed by atoms with Gasteiger partial charge in [0.05, 0.1) is 5.56 Å². The van der Waals surface area contributed by atoms with Gasteiger partial charge in [0.25, 0.3) is 11.8 Å². The zero-order valence-electron chi connectivity index (χ0n) is 20.5. The van der Waals surface area contributed by atoms with Gasteiger partial charge in [-0.3, -0.25) is 9.59 Å². The molecule has 10 heteroatoms. The van der Waals surface area contributed by atoms with Crippen LogP contribution in [0.3, 0.4) is 0 Å². The first-order chi connectivity index (χ1) is 17.6. The molecule has 0 unspecified atom stereocenters. The summed E-state index contributed by atoms with van der Waals surface area (Å²) in [6, 6.07) is 9.39. The summed E-state index contributed by atoms with van der Waals surface area (Å²) in [7, 11) is 0. The van der Waals surface area contributed by atoms with Gasteiger partial charge in [0.15, 0.2) is 0 Å². The maximum atomic E-state index is 12.9. The Bertz CT molecular complexity index is 1240. The van der Waals surface area contributed by atoms with Crippen LogP contribution in [0.1, 0.15) is 68.2 Å². The minimum Gasteiger partial charge on any atom is -0.486 e. The summed E-state index contributed by atoms with van der Waals surface area (Å²) < 4.78 is 44.2. The number of aryl methyl sites for hydroxylation is 2. The molecule has 0 spiro atoms. The van der Waals surface area contributed by atoms with E-state index in [4.69, 9.17) is 4.74 Å². The molecular weight excluding hydrogens is 503 g/mol. The van der Waals surface area contributed by atoms with Crippen LogP contribution in [-0.2, 0) is 12.8 Å². The second kappa shape index (κ2) is 11.3. The van der Waals surface area contributed by atoms with E-state index in [0.717, 1.165) is 54.0 Å². The zero-order chi connectivity index (χ0) is 26.6. The number of thiazole rings is 1. The van der Waals surface area contributed by atoms with Crippen LogP contribution in [0.2, 0.25) is 0 Å². The molecule has 0 saturated heterocycles. The minimum atomic E-state index is -4.46. The highest BCUT2D eigenvalue weighted by Gasteiger charge is 2.31. The largest absolute Gasteiger partial charge is 0.486 e. The molecule has 1 aliphatic carbocycles. The van der Waals surface area contributed by atoms with Crippen molar-refractivity contribution >= 4 is 23.2 Å². The zero-order valence-corrected chi connectivity index (χ0v) is 21.3. The Balaban J connectivity index is 1.34. The average Bonchev–Trinajstić information content (AvgIpc) is 3.32. The quantitative estimate of drug-likeness (QED) is 0.402. The summed E-state index contributed by atoms with van der Waals surface area (Å²) in [5, 5.41) is 8.20. The lowest BCUT2D eigenvalue weighted by atomic mass is 9.90. The van der Waals surface area contributed by atoms with E-state index in [-0.39, 0.29) is 35.9 Å². The molecule has 2 atom stereocenters. The number of nitrogens with zero attached hydrogens (tertiary/aromatic N) is 1. The summed E-state index contributed by atoms with van der Waals surface area (Å²) in [5.41, 5.74) is 1.80. The molecular formula is C27H28F3N3O3S. The molecule has 2 N–H and O–H groups in total. The third-order valence-corrected chi connectivity index (χ3v) is 7.04. The molecule has 1 aromatic heterocycles. The topological polar surface area (TPSA) is 80.3 Å². The number of carbonyl (C=O) groups excluding carboxylic acids is 2. The second-order valence-corrected chi connectivity index (χ2v) is 10.2. The highest BCUT2D eigenvalue weighted by atomic mass is 32.1. The van der Waals surface area contributed by atoms with Gasteiger partial charge in [0.1, 0.15) is 23.1 Å². The summed E-state index contributed by atoms with van der Waals surface area (Å²) in [6.45, 7) is 4.24. The number of amides is 2. The van der Waals surface area contributed by atoms with Crippen LogP contribution in [0.4, 0.5) is 13.2 Å².